The van der Waals surface area contributed by atoms with Crippen LogP contribution in [-0.2, 0) is 11.3 Å². The van der Waals surface area contributed by atoms with Gasteiger partial charge in [0.1, 0.15) is 5.60 Å². The second-order valence-electron chi connectivity index (χ2n) is 5.30. The highest BCUT2D eigenvalue weighted by Gasteiger charge is 2.35. The van der Waals surface area contributed by atoms with Crippen molar-refractivity contribution in [3.8, 4) is 0 Å². The molecule has 3 rings (SSSR count). The van der Waals surface area contributed by atoms with Gasteiger partial charge >= 0.3 is 0 Å². The number of allylic oxidation sites excluding steroid dienone is 1. The van der Waals surface area contributed by atoms with Gasteiger partial charge in [-0.1, -0.05) is 43.0 Å². The van der Waals surface area contributed by atoms with Crippen LogP contribution in [0.5, 0.6) is 0 Å². The van der Waals surface area contributed by atoms with Crippen LogP contribution in [0.1, 0.15) is 37.7 Å². The quantitative estimate of drug-likeness (QED) is 0.871. The van der Waals surface area contributed by atoms with E-state index in [1.54, 1.807) is 0 Å². The average Bonchev–Trinajstić information content (AvgIpc) is 2.76. The molecule has 0 aromatic heterocycles. The van der Waals surface area contributed by atoms with E-state index in [1.165, 1.54) is 30.5 Å². The molecule has 1 spiro atoms. The number of halogens is 1. The average molecular weight is 264 g/mol. The molecule has 1 fully saturated rings. The molecule has 1 aliphatic heterocycles. The van der Waals surface area contributed by atoms with E-state index in [1.807, 2.05) is 12.1 Å². The van der Waals surface area contributed by atoms with E-state index in [9.17, 15) is 0 Å². The summed E-state index contributed by atoms with van der Waals surface area (Å²) in [4.78, 5) is 5.82. The number of hydrogen-bond acceptors (Lipinski definition) is 2. The van der Waals surface area contributed by atoms with E-state index in [0.717, 1.165) is 24.3 Å². The lowest BCUT2D eigenvalue weighted by Crippen LogP contribution is -2.31. The van der Waals surface area contributed by atoms with Gasteiger partial charge in [-0.15, -0.1) is 0 Å². The van der Waals surface area contributed by atoms with Crippen molar-refractivity contribution in [3.63, 3.8) is 0 Å². The van der Waals surface area contributed by atoms with Crippen LogP contribution in [0.4, 0.5) is 0 Å². The molecule has 0 unspecified atom stereocenters. The molecule has 1 heterocycles. The van der Waals surface area contributed by atoms with E-state index >= 15 is 0 Å². The Morgan fingerprint density at radius 2 is 1.83 bits per heavy atom. The van der Waals surface area contributed by atoms with Gasteiger partial charge in [-0.05, 0) is 36.6 Å². The molecule has 1 aliphatic carbocycles. The Labute approximate surface area is 113 Å². The summed E-state index contributed by atoms with van der Waals surface area (Å²) < 4.78 is 0. The molecule has 2 nitrogen and oxygen atoms in total. The minimum absolute atomic E-state index is 0.0278. The van der Waals surface area contributed by atoms with Gasteiger partial charge in [0.25, 0.3) is 0 Å². The van der Waals surface area contributed by atoms with E-state index in [4.69, 9.17) is 16.4 Å². The highest BCUT2D eigenvalue weighted by atomic mass is 35.5. The van der Waals surface area contributed by atoms with Crippen LogP contribution in [0, 0.1) is 0 Å². The van der Waals surface area contributed by atoms with Gasteiger partial charge in [-0.25, -0.2) is 0 Å². The molecule has 18 heavy (non-hydrogen) atoms. The van der Waals surface area contributed by atoms with Crippen molar-refractivity contribution in [2.24, 2.45) is 0 Å². The zero-order valence-electron chi connectivity index (χ0n) is 10.4. The maximum atomic E-state index is 5.89. The number of rotatable bonds is 2. The fraction of sp³-hybridized carbons (Fsp3) is 0.467. The summed E-state index contributed by atoms with van der Waals surface area (Å²) in [6.45, 7) is 0. The van der Waals surface area contributed by atoms with E-state index in [0.29, 0.717) is 0 Å². The van der Waals surface area contributed by atoms with Crippen molar-refractivity contribution < 1.29 is 4.84 Å². The minimum atomic E-state index is -0.0278. The predicted molar refractivity (Wildman–Crippen MR) is 73.3 cm³/mol. The first-order valence-electron chi connectivity index (χ1n) is 6.66. The maximum absolute atomic E-state index is 5.89. The van der Waals surface area contributed by atoms with Gasteiger partial charge in [0.2, 0.25) is 0 Å². The zero-order chi connectivity index (χ0) is 12.4. The third-order valence-electron chi connectivity index (χ3n) is 3.83. The Kier molecular flexibility index (Phi) is 3.31. The number of benzene rings is 1. The number of hydroxylamine groups is 1. The molecule has 0 amide bonds. The maximum Gasteiger partial charge on any atom is 0.116 e. The Hall–Kier alpha value is -0.990. The summed E-state index contributed by atoms with van der Waals surface area (Å²) in [5, 5.41) is 0.784. The Balaban J connectivity index is 1.70. The molecule has 96 valence electrons. The zero-order valence-corrected chi connectivity index (χ0v) is 11.2. The van der Waals surface area contributed by atoms with Crippen molar-refractivity contribution in [2.75, 3.05) is 0 Å². The van der Waals surface area contributed by atoms with Crippen molar-refractivity contribution >= 4 is 11.6 Å². The second kappa shape index (κ2) is 4.94. The van der Waals surface area contributed by atoms with Crippen LogP contribution in [0.15, 0.2) is 36.0 Å². The molecule has 0 saturated heterocycles. The summed E-state index contributed by atoms with van der Waals surface area (Å²) >= 11 is 5.89. The molecule has 1 aromatic rings. The minimum Gasteiger partial charge on any atom is -0.270 e. The summed E-state index contributed by atoms with van der Waals surface area (Å²) in [5.74, 6) is 0. The number of nitrogens with one attached hydrogen (secondary N) is 1. The first-order chi connectivity index (χ1) is 8.76. The molecule has 1 N–H and O–H groups in total. The van der Waals surface area contributed by atoms with E-state index < -0.39 is 0 Å². The standard InChI is InChI=1S/C15H18ClNO/c16-13-6-4-12(5-7-13)10-14-11-15(18-17-14)8-2-1-3-9-15/h4-7,11,17H,1-3,8-10H2. The van der Waals surface area contributed by atoms with Gasteiger partial charge in [-0.2, -0.15) is 0 Å². The summed E-state index contributed by atoms with van der Waals surface area (Å²) in [5.41, 5.74) is 5.52. The Bertz CT molecular complexity index is 446. The Morgan fingerprint density at radius 3 is 2.56 bits per heavy atom. The van der Waals surface area contributed by atoms with Crippen molar-refractivity contribution in [3.05, 3.63) is 46.6 Å². The van der Waals surface area contributed by atoms with Gasteiger partial charge in [-0.3, -0.25) is 10.3 Å². The SMILES string of the molecule is Clc1ccc(CC2=CC3(CCCCC3)ON2)cc1. The lowest BCUT2D eigenvalue weighted by Gasteiger charge is -2.29. The second-order valence-corrected chi connectivity index (χ2v) is 5.74. The molecule has 1 aromatic carbocycles. The number of hydrogen-bond donors (Lipinski definition) is 1. The summed E-state index contributed by atoms with van der Waals surface area (Å²) in [6, 6.07) is 8.00. The smallest absolute Gasteiger partial charge is 0.116 e. The molecular weight excluding hydrogens is 246 g/mol. The van der Waals surface area contributed by atoms with Crippen LogP contribution in [0.2, 0.25) is 5.02 Å². The van der Waals surface area contributed by atoms with Crippen molar-refractivity contribution in [2.45, 2.75) is 44.1 Å². The third-order valence-corrected chi connectivity index (χ3v) is 4.08. The molecular formula is C15H18ClNO. The van der Waals surface area contributed by atoms with Crippen LogP contribution < -0.4 is 5.48 Å². The topological polar surface area (TPSA) is 21.3 Å². The predicted octanol–water partition coefficient (Wildman–Crippen LogP) is 4.00. The van der Waals surface area contributed by atoms with Gasteiger partial charge in [0.15, 0.2) is 0 Å². The van der Waals surface area contributed by atoms with Gasteiger partial charge < -0.3 is 0 Å². The molecule has 1 saturated carbocycles. The highest BCUT2D eigenvalue weighted by Crippen LogP contribution is 2.36. The largest absolute Gasteiger partial charge is 0.270 e. The normalized spacial score (nSPS) is 21.7. The lowest BCUT2D eigenvalue weighted by molar-refractivity contribution is -0.0611. The monoisotopic (exact) mass is 263 g/mol. The van der Waals surface area contributed by atoms with Gasteiger partial charge in [0, 0.05) is 17.1 Å². The van der Waals surface area contributed by atoms with Crippen LogP contribution >= 0.6 is 11.6 Å². The summed E-state index contributed by atoms with van der Waals surface area (Å²) in [7, 11) is 0. The first kappa shape index (κ1) is 12.1. The molecule has 0 radical (unpaired) electrons. The van der Waals surface area contributed by atoms with Crippen LogP contribution in [-0.4, -0.2) is 5.60 Å². The van der Waals surface area contributed by atoms with Gasteiger partial charge in [0.05, 0.1) is 0 Å². The van der Waals surface area contributed by atoms with Crippen molar-refractivity contribution in [1.29, 1.82) is 0 Å². The summed E-state index contributed by atoms with van der Waals surface area (Å²) in [6.07, 6.45) is 9.35. The van der Waals surface area contributed by atoms with E-state index in [2.05, 4.69) is 23.7 Å². The molecule has 0 atom stereocenters. The van der Waals surface area contributed by atoms with Crippen LogP contribution in [0.3, 0.4) is 0 Å². The fourth-order valence-electron chi connectivity index (χ4n) is 2.85. The highest BCUT2D eigenvalue weighted by molar-refractivity contribution is 6.30. The third kappa shape index (κ3) is 2.55. The molecule has 0 bridgehead atoms. The molecule has 2 aliphatic rings. The molecule has 3 heteroatoms. The van der Waals surface area contributed by atoms with E-state index in [-0.39, 0.29) is 5.60 Å². The van der Waals surface area contributed by atoms with Crippen molar-refractivity contribution in [1.82, 2.24) is 5.48 Å². The lowest BCUT2D eigenvalue weighted by atomic mass is 9.84. The fourth-order valence-corrected chi connectivity index (χ4v) is 2.98. The van der Waals surface area contributed by atoms with Crippen LogP contribution in [0.25, 0.3) is 0 Å². The first-order valence-corrected chi connectivity index (χ1v) is 7.04. The Morgan fingerprint density at radius 1 is 1.11 bits per heavy atom.